The van der Waals surface area contributed by atoms with Gasteiger partial charge < -0.3 is 5.11 Å². The van der Waals surface area contributed by atoms with Crippen LogP contribution in [0.2, 0.25) is 0 Å². The minimum atomic E-state index is -4.85. The maximum Gasteiger partial charge on any atom is 0.419 e. The van der Waals surface area contributed by atoms with Gasteiger partial charge in [0.1, 0.15) is 11.6 Å². The average Bonchev–Trinajstić information content (AvgIpc) is 2.41. The highest BCUT2D eigenvalue weighted by Crippen LogP contribution is 2.41. The predicted molar refractivity (Wildman–Crippen MR) is 70.9 cm³/mol. The van der Waals surface area contributed by atoms with E-state index < -0.39 is 28.9 Å². The van der Waals surface area contributed by atoms with Crippen LogP contribution in [0.25, 0.3) is 11.1 Å². The summed E-state index contributed by atoms with van der Waals surface area (Å²) in [5, 5.41) is 18.7. The molecule has 0 atom stereocenters. The van der Waals surface area contributed by atoms with Crippen molar-refractivity contribution in [3.63, 3.8) is 0 Å². The summed E-state index contributed by atoms with van der Waals surface area (Å²) in [6.45, 7) is 0. The summed E-state index contributed by atoms with van der Waals surface area (Å²) >= 11 is 2.97. The normalized spacial score (nSPS) is 11.2. The topological polar surface area (TPSA) is 44.0 Å². The van der Waals surface area contributed by atoms with Gasteiger partial charge in [-0.2, -0.15) is 18.4 Å². The number of hydrogen-bond donors (Lipinski definition) is 1. The largest absolute Gasteiger partial charge is 0.506 e. The fourth-order valence-electron chi connectivity index (χ4n) is 1.83. The smallest absolute Gasteiger partial charge is 0.419 e. The highest BCUT2D eigenvalue weighted by atomic mass is 79.9. The van der Waals surface area contributed by atoms with Crippen molar-refractivity contribution >= 4 is 15.9 Å². The lowest BCUT2D eigenvalue weighted by molar-refractivity contribution is -0.139. The van der Waals surface area contributed by atoms with Crippen molar-refractivity contribution in [3.8, 4) is 22.9 Å². The molecule has 0 bridgehead atoms. The molecule has 1 N–H and O–H groups in total. The molecular weight excluding hydrogens is 354 g/mol. The molecule has 0 fully saturated rings. The first kappa shape index (κ1) is 15.3. The van der Waals surface area contributed by atoms with Crippen LogP contribution in [0.1, 0.15) is 11.1 Å². The van der Waals surface area contributed by atoms with Crippen LogP contribution in [0.15, 0.2) is 34.8 Å². The molecule has 0 heterocycles. The molecule has 21 heavy (non-hydrogen) atoms. The number of alkyl halides is 3. The Hall–Kier alpha value is -2.07. The number of rotatable bonds is 1. The van der Waals surface area contributed by atoms with Crippen LogP contribution in [0.5, 0.6) is 5.75 Å². The number of benzene rings is 2. The van der Waals surface area contributed by atoms with E-state index in [4.69, 9.17) is 5.26 Å². The number of nitriles is 1. The van der Waals surface area contributed by atoms with Gasteiger partial charge in [0, 0.05) is 11.1 Å². The maximum atomic E-state index is 14.1. The SMILES string of the molecule is N#Cc1cc(Br)c(O)c(-c2cccc(C(F)(F)F)c2F)c1. The van der Waals surface area contributed by atoms with Gasteiger partial charge in [0.05, 0.1) is 21.7 Å². The molecule has 0 aromatic heterocycles. The van der Waals surface area contributed by atoms with E-state index in [1.165, 1.54) is 6.07 Å². The third kappa shape index (κ3) is 2.85. The summed E-state index contributed by atoms with van der Waals surface area (Å²) in [4.78, 5) is 0. The number of hydrogen-bond acceptors (Lipinski definition) is 2. The zero-order chi connectivity index (χ0) is 15.8. The first-order chi connectivity index (χ1) is 9.75. The van der Waals surface area contributed by atoms with Crippen molar-refractivity contribution < 1.29 is 22.7 Å². The molecule has 2 aromatic carbocycles. The Morgan fingerprint density at radius 3 is 2.38 bits per heavy atom. The molecule has 2 rings (SSSR count). The third-order valence-electron chi connectivity index (χ3n) is 2.79. The highest BCUT2D eigenvalue weighted by Gasteiger charge is 2.35. The monoisotopic (exact) mass is 359 g/mol. The molecule has 2 nitrogen and oxygen atoms in total. The van der Waals surface area contributed by atoms with Gasteiger partial charge in [-0.05, 0) is 34.1 Å². The lowest BCUT2D eigenvalue weighted by atomic mass is 9.99. The Bertz CT molecular complexity index is 750. The van der Waals surface area contributed by atoms with Gasteiger partial charge in [0.15, 0.2) is 0 Å². The Morgan fingerprint density at radius 2 is 1.81 bits per heavy atom. The van der Waals surface area contributed by atoms with Gasteiger partial charge >= 0.3 is 6.18 Å². The molecule has 7 heteroatoms. The van der Waals surface area contributed by atoms with Crippen LogP contribution >= 0.6 is 15.9 Å². The summed E-state index contributed by atoms with van der Waals surface area (Å²) in [7, 11) is 0. The van der Waals surface area contributed by atoms with Crippen LogP contribution in [-0.4, -0.2) is 5.11 Å². The molecule has 0 radical (unpaired) electrons. The Balaban J connectivity index is 2.75. The van der Waals surface area contributed by atoms with E-state index in [0.29, 0.717) is 6.07 Å². The molecule has 0 spiro atoms. The molecule has 0 aliphatic carbocycles. The number of phenols is 1. The highest BCUT2D eigenvalue weighted by molar-refractivity contribution is 9.10. The van der Waals surface area contributed by atoms with Gasteiger partial charge in [-0.3, -0.25) is 0 Å². The number of aromatic hydroxyl groups is 1. The van der Waals surface area contributed by atoms with Crippen molar-refractivity contribution in [3.05, 3.63) is 51.7 Å². The van der Waals surface area contributed by atoms with E-state index in [2.05, 4.69) is 15.9 Å². The molecule has 108 valence electrons. The summed E-state index contributed by atoms with van der Waals surface area (Å²) < 4.78 is 52.3. The molecule has 0 aliphatic rings. The van der Waals surface area contributed by atoms with Gasteiger partial charge in [0.25, 0.3) is 0 Å². The minimum absolute atomic E-state index is 0.0755. The van der Waals surface area contributed by atoms with E-state index in [0.717, 1.165) is 18.2 Å². The Morgan fingerprint density at radius 1 is 1.14 bits per heavy atom. The van der Waals surface area contributed by atoms with Crippen molar-refractivity contribution in [2.75, 3.05) is 0 Å². The molecule has 0 amide bonds. The van der Waals surface area contributed by atoms with Gasteiger partial charge in [-0.15, -0.1) is 0 Å². The van der Waals surface area contributed by atoms with Gasteiger partial charge in [-0.1, -0.05) is 12.1 Å². The van der Waals surface area contributed by atoms with Gasteiger partial charge in [-0.25, -0.2) is 4.39 Å². The first-order valence-corrected chi connectivity index (χ1v) is 6.33. The molecule has 0 saturated heterocycles. The number of halogens is 5. The second-order valence-electron chi connectivity index (χ2n) is 4.13. The average molecular weight is 360 g/mol. The molecule has 0 aliphatic heterocycles. The lowest BCUT2D eigenvalue weighted by Gasteiger charge is -2.13. The van der Waals surface area contributed by atoms with Crippen LogP contribution in [0.3, 0.4) is 0 Å². The zero-order valence-corrected chi connectivity index (χ0v) is 11.8. The van der Waals surface area contributed by atoms with E-state index in [1.807, 2.05) is 0 Å². The fraction of sp³-hybridized carbons (Fsp3) is 0.0714. The van der Waals surface area contributed by atoms with Crippen LogP contribution in [0.4, 0.5) is 17.6 Å². The quantitative estimate of drug-likeness (QED) is 0.739. The molecule has 2 aromatic rings. The third-order valence-corrected chi connectivity index (χ3v) is 3.39. The van der Waals surface area contributed by atoms with Gasteiger partial charge in [0.2, 0.25) is 0 Å². The number of nitrogens with zero attached hydrogens (tertiary/aromatic N) is 1. The summed E-state index contributed by atoms with van der Waals surface area (Å²) in [6, 6.07) is 6.94. The van der Waals surface area contributed by atoms with E-state index in [-0.39, 0.29) is 15.6 Å². The Kier molecular flexibility index (Phi) is 3.92. The summed E-state index contributed by atoms with van der Waals surface area (Å²) in [5.41, 5.74) is -1.98. The standard InChI is InChI=1S/C14H6BrF4NO/c15-11-5-7(6-20)4-9(13(11)21)8-2-1-3-10(12(8)16)14(17,18)19/h1-5,21H. The van der Waals surface area contributed by atoms with E-state index >= 15 is 0 Å². The lowest BCUT2D eigenvalue weighted by Crippen LogP contribution is -2.08. The fourth-order valence-corrected chi connectivity index (χ4v) is 2.29. The minimum Gasteiger partial charge on any atom is -0.506 e. The van der Waals surface area contributed by atoms with E-state index in [9.17, 15) is 22.7 Å². The maximum absolute atomic E-state index is 14.1. The van der Waals surface area contributed by atoms with Crippen LogP contribution < -0.4 is 0 Å². The van der Waals surface area contributed by atoms with E-state index in [1.54, 1.807) is 6.07 Å². The van der Waals surface area contributed by atoms with Crippen molar-refractivity contribution in [2.24, 2.45) is 0 Å². The summed E-state index contributed by atoms with van der Waals surface area (Å²) in [6.07, 6.45) is -4.85. The summed E-state index contributed by atoms with van der Waals surface area (Å²) in [5.74, 6) is -1.94. The number of phenolic OH excluding ortho intramolecular Hbond substituents is 1. The predicted octanol–water partition coefficient (Wildman–Crippen LogP) is 4.85. The second-order valence-corrected chi connectivity index (χ2v) is 4.99. The molecule has 0 saturated carbocycles. The van der Waals surface area contributed by atoms with Crippen molar-refractivity contribution in [1.29, 1.82) is 5.26 Å². The zero-order valence-electron chi connectivity index (χ0n) is 10.2. The molecular formula is C14H6BrF4NO. The molecule has 0 unspecified atom stereocenters. The van der Waals surface area contributed by atoms with Crippen molar-refractivity contribution in [2.45, 2.75) is 6.18 Å². The first-order valence-electron chi connectivity index (χ1n) is 5.54. The van der Waals surface area contributed by atoms with Crippen LogP contribution in [-0.2, 0) is 6.18 Å². The van der Waals surface area contributed by atoms with Crippen LogP contribution in [0, 0.1) is 17.1 Å². The van der Waals surface area contributed by atoms with Crippen molar-refractivity contribution in [1.82, 2.24) is 0 Å². The Labute approximate surface area is 125 Å². The second kappa shape index (κ2) is 5.37.